The van der Waals surface area contributed by atoms with Crippen LogP contribution >= 0.6 is 0 Å². The SMILES string of the molecule is Cc1ccc(NC2CCN3CCCC3C2)cc1[N+](=O)[O-]. The molecular formula is C15H21N3O2. The normalized spacial score (nSPS) is 26.2. The van der Waals surface area contributed by atoms with Crippen LogP contribution in [0.1, 0.15) is 31.2 Å². The van der Waals surface area contributed by atoms with Gasteiger partial charge < -0.3 is 10.2 Å². The van der Waals surface area contributed by atoms with E-state index in [2.05, 4.69) is 10.2 Å². The molecule has 3 rings (SSSR count). The smallest absolute Gasteiger partial charge is 0.274 e. The Bertz CT molecular complexity index is 518. The van der Waals surface area contributed by atoms with Crippen LogP contribution in [0.4, 0.5) is 11.4 Å². The van der Waals surface area contributed by atoms with E-state index >= 15 is 0 Å². The molecule has 5 nitrogen and oxygen atoms in total. The van der Waals surface area contributed by atoms with E-state index in [9.17, 15) is 10.1 Å². The summed E-state index contributed by atoms with van der Waals surface area (Å²) < 4.78 is 0. The van der Waals surface area contributed by atoms with Crippen LogP contribution in [0, 0.1) is 17.0 Å². The average Bonchev–Trinajstić information content (AvgIpc) is 2.88. The maximum absolute atomic E-state index is 11.0. The summed E-state index contributed by atoms with van der Waals surface area (Å²) in [5.74, 6) is 0. The zero-order chi connectivity index (χ0) is 14.1. The van der Waals surface area contributed by atoms with Gasteiger partial charge in [0.15, 0.2) is 0 Å². The molecule has 0 spiro atoms. The average molecular weight is 275 g/mol. The van der Waals surface area contributed by atoms with Gasteiger partial charge in [-0.05, 0) is 45.2 Å². The summed E-state index contributed by atoms with van der Waals surface area (Å²) in [4.78, 5) is 13.3. The standard InChI is InChI=1S/C15H21N3O2/c1-11-4-5-12(10-15(11)18(19)20)16-13-6-8-17-7-2-3-14(17)9-13/h4-5,10,13-14,16H,2-3,6-9H2,1H3. The molecule has 20 heavy (non-hydrogen) atoms. The number of benzene rings is 1. The van der Waals surface area contributed by atoms with Crippen LogP contribution in [0.2, 0.25) is 0 Å². The molecule has 0 saturated carbocycles. The highest BCUT2D eigenvalue weighted by atomic mass is 16.6. The maximum atomic E-state index is 11.0. The van der Waals surface area contributed by atoms with Crippen molar-refractivity contribution in [2.45, 2.75) is 44.7 Å². The van der Waals surface area contributed by atoms with Crippen LogP contribution in [0.3, 0.4) is 0 Å². The largest absolute Gasteiger partial charge is 0.382 e. The van der Waals surface area contributed by atoms with Gasteiger partial charge in [0.05, 0.1) is 4.92 Å². The third-order valence-corrected chi connectivity index (χ3v) is 4.60. The van der Waals surface area contributed by atoms with Crippen molar-refractivity contribution in [3.05, 3.63) is 33.9 Å². The number of fused-ring (bicyclic) bond motifs is 1. The lowest BCUT2D eigenvalue weighted by Gasteiger charge is -2.35. The number of anilines is 1. The fourth-order valence-electron chi connectivity index (χ4n) is 3.49. The fraction of sp³-hybridized carbons (Fsp3) is 0.600. The van der Waals surface area contributed by atoms with Crippen LogP contribution in [0.5, 0.6) is 0 Å². The lowest BCUT2D eigenvalue weighted by Crippen LogP contribution is -2.42. The van der Waals surface area contributed by atoms with Crippen molar-refractivity contribution in [3.63, 3.8) is 0 Å². The number of hydrogen-bond donors (Lipinski definition) is 1. The second-order valence-corrected chi connectivity index (χ2v) is 5.96. The van der Waals surface area contributed by atoms with Crippen molar-refractivity contribution >= 4 is 11.4 Å². The monoisotopic (exact) mass is 275 g/mol. The molecule has 0 bridgehead atoms. The first-order chi connectivity index (χ1) is 9.63. The van der Waals surface area contributed by atoms with Crippen molar-refractivity contribution in [2.24, 2.45) is 0 Å². The number of nitro benzene ring substituents is 1. The number of aryl methyl sites for hydroxylation is 1. The summed E-state index contributed by atoms with van der Waals surface area (Å²) in [5.41, 5.74) is 1.79. The molecule has 1 aromatic rings. The summed E-state index contributed by atoms with van der Waals surface area (Å²) in [6.07, 6.45) is 4.89. The van der Waals surface area contributed by atoms with E-state index in [1.54, 1.807) is 13.0 Å². The maximum Gasteiger partial charge on any atom is 0.274 e. The third-order valence-electron chi connectivity index (χ3n) is 4.60. The zero-order valence-electron chi connectivity index (χ0n) is 11.8. The van der Waals surface area contributed by atoms with Gasteiger partial charge in [0, 0.05) is 35.9 Å². The molecule has 0 amide bonds. The molecule has 2 aliphatic heterocycles. The molecule has 2 aliphatic rings. The van der Waals surface area contributed by atoms with Crippen LogP contribution in [0.25, 0.3) is 0 Å². The van der Waals surface area contributed by atoms with E-state index in [0.717, 1.165) is 25.1 Å². The van der Waals surface area contributed by atoms with Crippen molar-refractivity contribution in [1.82, 2.24) is 4.90 Å². The highest BCUT2D eigenvalue weighted by Gasteiger charge is 2.31. The molecule has 0 aromatic heterocycles. The minimum absolute atomic E-state index is 0.202. The van der Waals surface area contributed by atoms with Crippen molar-refractivity contribution in [2.75, 3.05) is 18.4 Å². The minimum atomic E-state index is -0.305. The lowest BCUT2D eigenvalue weighted by atomic mass is 9.97. The second-order valence-electron chi connectivity index (χ2n) is 5.96. The molecule has 2 heterocycles. The Hall–Kier alpha value is -1.62. The second kappa shape index (κ2) is 5.40. The molecule has 108 valence electrons. The van der Waals surface area contributed by atoms with Gasteiger partial charge in [-0.25, -0.2) is 0 Å². The summed E-state index contributed by atoms with van der Waals surface area (Å²) in [5, 5.41) is 14.5. The Kier molecular flexibility index (Phi) is 3.61. The topological polar surface area (TPSA) is 58.4 Å². The highest BCUT2D eigenvalue weighted by Crippen LogP contribution is 2.29. The minimum Gasteiger partial charge on any atom is -0.382 e. The first-order valence-electron chi connectivity index (χ1n) is 7.39. The van der Waals surface area contributed by atoms with E-state index in [1.807, 2.05) is 12.1 Å². The first-order valence-corrected chi connectivity index (χ1v) is 7.39. The Balaban J connectivity index is 1.68. The van der Waals surface area contributed by atoms with Gasteiger partial charge in [-0.1, -0.05) is 6.07 Å². The molecule has 2 atom stereocenters. The number of nitrogens with one attached hydrogen (secondary N) is 1. The first kappa shape index (κ1) is 13.4. The van der Waals surface area contributed by atoms with Crippen molar-refractivity contribution in [3.8, 4) is 0 Å². The van der Waals surface area contributed by atoms with E-state index in [-0.39, 0.29) is 10.6 Å². The molecule has 0 aliphatic carbocycles. The van der Waals surface area contributed by atoms with Gasteiger partial charge >= 0.3 is 0 Å². The van der Waals surface area contributed by atoms with Gasteiger partial charge in [0.25, 0.3) is 5.69 Å². The predicted octanol–water partition coefficient (Wildman–Crippen LogP) is 2.94. The summed E-state index contributed by atoms with van der Waals surface area (Å²) in [6, 6.07) is 6.59. The van der Waals surface area contributed by atoms with E-state index in [1.165, 1.54) is 19.4 Å². The summed E-state index contributed by atoms with van der Waals surface area (Å²) in [7, 11) is 0. The van der Waals surface area contributed by atoms with Crippen LogP contribution in [0.15, 0.2) is 18.2 Å². The van der Waals surface area contributed by atoms with Crippen molar-refractivity contribution < 1.29 is 4.92 Å². The quantitative estimate of drug-likeness (QED) is 0.680. The molecule has 1 aromatic carbocycles. The number of nitro groups is 1. The number of rotatable bonds is 3. The van der Waals surface area contributed by atoms with E-state index < -0.39 is 0 Å². The van der Waals surface area contributed by atoms with Gasteiger partial charge in [-0.3, -0.25) is 10.1 Å². The highest BCUT2D eigenvalue weighted by molar-refractivity contribution is 5.55. The predicted molar refractivity (Wildman–Crippen MR) is 79.1 cm³/mol. The molecular weight excluding hydrogens is 254 g/mol. The van der Waals surface area contributed by atoms with E-state index in [0.29, 0.717) is 17.6 Å². The Morgan fingerprint density at radius 3 is 3.00 bits per heavy atom. The Morgan fingerprint density at radius 1 is 1.35 bits per heavy atom. The van der Waals surface area contributed by atoms with Crippen LogP contribution < -0.4 is 5.32 Å². The fourth-order valence-corrected chi connectivity index (χ4v) is 3.49. The summed E-state index contributed by atoms with van der Waals surface area (Å²) in [6.45, 7) is 4.17. The number of piperidine rings is 1. The third kappa shape index (κ3) is 2.63. The van der Waals surface area contributed by atoms with Crippen molar-refractivity contribution in [1.29, 1.82) is 0 Å². The molecule has 2 fully saturated rings. The molecule has 1 N–H and O–H groups in total. The number of hydrogen-bond acceptors (Lipinski definition) is 4. The summed E-state index contributed by atoms with van der Waals surface area (Å²) >= 11 is 0. The van der Waals surface area contributed by atoms with Crippen LogP contribution in [-0.4, -0.2) is 35.0 Å². The van der Waals surface area contributed by atoms with Gasteiger partial charge in [0.2, 0.25) is 0 Å². The molecule has 2 saturated heterocycles. The molecule has 5 heteroatoms. The Morgan fingerprint density at radius 2 is 2.20 bits per heavy atom. The van der Waals surface area contributed by atoms with Gasteiger partial charge in [-0.2, -0.15) is 0 Å². The number of nitrogens with zero attached hydrogens (tertiary/aromatic N) is 2. The molecule has 2 unspecified atom stereocenters. The van der Waals surface area contributed by atoms with Crippen LogP contribution in [-0.2, 0) is 0 Å². The lowest BCUT2D eigenvalue weighted by molar-refractivity contribution is -0.385. The molecule has 0 radical (unpaired) electrons. The van der Waals surface area contributed by atoms with Gasteiger partial charge in [0.1, 0.15) is 0 Å². The Labute approximate surface area is 119 Å². The zero-order valence-corrected chi connectivity index (χ0v) is 11.8. The van der Waals surface area contributed by atoms with E-state index in [4.69, 9.17) is 0 Å². The van der Waals surface area contributed by atoms with Gasteiger partial charge in [-0.15, -0.1) is 0 Å².